The molecule has 0 amide bonds. The van der Waals surface area contributed by atoms with E-state index >= 15 is 0 Å². The molecule has 2 aromatic heterocycles. The van der Waals surface area contributed by atoms with Crippen molar-refractivity contribution in [2.75, 3.05) is 7.11 Å². The number of thioether (sulfide) groups is 1. The second-order valence-corrected chi connectivity index (χ2v) is 8.81. The van der Waals surface area contributed by atoms with Crippen molar-refractivity contribution in [2.24, 2.45) is 5.92 Å². The molecule has 1 aliphatic rings. The highest BCUT2D eigenvalue weighted by atomic mass is 32.2. The molecule has 1 aliphatic carbocycles. The summed E-state index contributed by atoms with van der Waals surface area (Å²) in [4.78, 5) is 31.7. The van der Waals surface area contributed by atoms with E-state index in [2.05, 4.69) is 13.5 Å². The van der Waals surface area contributed by atoms with Crippen molar-refractivity contribution in [3.63, 3.8) is 0 Å². The van der Waals surface area contributed by atoms with E-state index in [1.807, 2.05) is 0 Å². The minimum Gasteiger partial charge on any atom is -0.468 e. The number of fused-ring (bicyclic) bond motifs is 3. The fourth-order valence-corrected chi connectivity index (χ4v) is 5.53. The van der Waals surface area contributed by atoms with E-state index in [0.29, 0.717) is 17.6 Å². The van der Waals surface area contributed by atoms with Gasteiger partial charge in [0.1, 0.15) is 10.1 Å². The molecule has 3 rings (SSSR count). The zero-order chi connectivity index (χ0) is 18.1. The molecular weight excluding hydrogens is 356 g/mol. The summed E-state index contributed by atoms with van der Waals surface area (Å²) >= 11 is 2.87. The smallest absolute Gasteiger partial charge is 0.318 e. The number of aryl methyl sites for hydroxylation is 1. The normalized spacial score (nSPS) is 18.0. The first-order valence-electron chi connectivity index (χ1n) is 8.36. The standard InChI is InChI=1S/C18H22N2O3S2/c1-5-8-20-16(21)14-12-7-6-10(2)9-13(12)25-15(14)19-18(20)24-11(3)17(22)23-4/h5,10-11H,1,6-9H2,2-4H3. The molecular formula is C18H22N2O3S2. The van der Waals surface area contributed by atoms with Crippen molar-refractivity contribution in [3.05, 3.63) is 33.4 Å². The van der Waals surface area contributed by atoms with E-state index in [0.717, 1.165) is 29.5 Å². The Morgan fingerprint density at radius 2 is 2.36 bits per heavy atom. The first-order chi connectivity index (χ1) is 12.0. The SMILES string of the molecule is C=CCn1c(SC(C)C(=O)OC)nc2sc3c(c2c1=O)CCC(C)C3. The zero-order valence-corrected chi connectivity index (χ0v) is 16.3. The van der Waals surface area contributed by atoms with Crippen LogP contribution in [-0.2, 0) is 28.9 Å². The zero-order valence-electron chi connectivity index (χ0n) is 14.7. The van der Waals surface area contributed by atoms with E-state index in [4.69, 9.17) is 9.72 Å². The van der Waals surface area contributed by atoms with Gasteiger partial charge in [-0.25, -0.2) is 4.98 Å². The predicted molar refractivity (Wildman–Crippen MR) is 103 cm³/mol. The maximum Gasteiger partial charge on any atom is 0.318 e. The molecule has 2 atom stereocenters. The fourth-order valence-electron chi connectivity index (χ4n) is 3.16. The van der Waals surface area contributed by atoms with Crippen LogP contribution < -0.4 is 5.56 Å². The second-order valence-electron chi connectivity index (χ2n) is 6.41. The number of rotatable bonds is 5. The molecule has 25 heavy (non-hydrogen) atoms. The second kappa shape index (κ2) is 7.33. The summed E-state index contributed by atoms with van der Waals surface area (Å²) in [5, 5.41) is 0.866. The Morgan fingerprint density at radius 1 is 1.60 bits per heavy atom. The Morgan fingerprint density at radius 3 is 3.04 bits per heavy atom. The Bertz CT molecular complexity index is 885. The number of nitrogens with zero attached hydrogens (tertiary/aromatic N) is 2. The van der Waals surface area contributed by atoms with Crippen LogP contribution in [0.5, 0.6) is 0 Å². The van der Waals surface area contributed by atoms with Crippen molar-refractivity contribution in [1.29, 1.82) is 0 Å². The minimum absolute atomic E-state index is 0.0310. The van der Waals surface area contributed by atoms with Crippen LogP contribution in [-0.4, -0.2) is 27.9 Å². The molecule has 5 nitrogen and oxygen atoms in total. The number of thiophene rings is 1. The molecule has 0 radical (unpaired) electrons. The van der Waals surface area contributed by atoms with Gasteiger partial charge < -0.3 is 4.74 Å². The number of hydrogen-bond donors (Lipinski definition) is 0. The van der Waals surface area contributed by atoms with Crippen molar-refractivity contribution in [3.8, 4) is 0 Å². The number of ether oxygens (including phenoxy) is 1. The molecule has 2 unspecified atom stereocenters. The van der Waals surface area contributed by atoms with Gasteiger partial charge in [0.2, 0.25) is 0 Å². The third kappa shape index (κ3) is 3.40. The lowest BCUT2D eigenvalue weighted by Gasteiger charge is -2.17. The average Bonchev–Trinajstić information content (AvgIpc) is 2.94. The van der Waals surface area contributed by atoms with Crippen LogP contribution in [0.4, 0.5) is 0 Å². The Kier molecular flexibility index (Phi) is 5.34. The quantitative estimate of drug-likeness (QED) is 0.345. The summed E-state index contributed by atoms with van der Waals surface area (Å²) in [6.07, 6.45) is 4.74. The molecule has 2 aromatic rings. The highest BCUT2D eigenvalue weighted by Crippen LogP contribution is 2.36. The first-order valence-corrected chi connectivity index (χ1v) is 10.1. The summed E-state index contributed by atoms with van der Waals surface area (Å²) in [5.74, 6) is 0.313. The molecule has 0 N–H and O–H groups in total. The van der Waals surface area contributed by atoms with Crippen LogP contribution in [0.15, 0.2) is 22.6 Å². The topological polar surface area (TPSA) is 61.2 Å². The lowest BCUT2D eigenvalue weighted by Crippen LogP contribution is -2.25. The van der Waals surface area contributed by atoms with Crippen LogP contribution in [0.2, 0.25) is 0 Å². The lowest BCUT2D eigenvalue weighted by atomic mass is 9.89. The van der Waals surface area contributed by atoms with Gasteiger partial charge in [0.05, 0.1) is 12.5 Å². The summed E-state index contributed by atoms with van der Waals surface area (Å²) < 4.78 is 6.40. The van der Waals surface area contributed by atoms with Crippen LogP contribution in [0, 0.1) is 5.92 Å². The third-order valence-electron chi connectivity index (χ3n) is 4.51. The van der Waals surface area contributed by atoms with E-state index in [1.165, 1.54) is 29.3 Å². The number of esters is 1. The predicted octanol–water partition coefficient (Wildman–Crippen LogP) is 3.42. The Hall–Kier alpha value is -1.60. The molecule has 0 saturated carbocycles. The fraction of sp³-hybridized carbons (Fsp3) is 0.500. The van der Waals surface area contributed by atoms with Crippen LogP contribution in [0.25, 0.3) is 10.2 Å². The summed E-state index contributed by atoms with van der Waals surface area (Å²) in [6, 6.07) is 0. The molecule has 0 saturated heterocycles. The lowest BCUT2D eigenvalue weighted by molar-refractivity contribution is -0.139. The van der Waals surface area contributed by atoms with Gasteiger partial charge in [-0.2, -0.15) is 0 Å². The van der Waals surface area contributed by atoms with Gasteiger partial charge in [-0.1, -0.05) is 24.8 Å². The van der Waals surface area contributed by atoms with Crippen LogP contribution in [0.3, 0.4) is 0 Å². The van der Waals surface area contributed by atoms with Crippen LogP contribution >= 0.6 is 23.1 Å². The monoisotopic (exact) mass is 378 g/mol. The highest BCUT2D eigenvalue weighted by Gasteiger charge is 2.26. The highest BCUT2D eigenvalue weighted by molar-refractivity contribution is 8.00. The molecule has 134 valence electrons. The Labute approximate surface area is 155 Å². The van der Waals surface area contributed by atoms with Gasteiger partial charge in [-0.3, -0.25) is 14.2 Å². The number of carbonyl (C=O) groups excluding carboxylic acids is 1. The number of allylic oxidation sites excluding steroid dienone is 1. The van der Waals surface area contributed by atoms with E-state index in [1.54, 1.807) is 28.9 Å². The molecule has 0 bridgehead atoms. The average molecular weight is 379 g/mol. The van der Waals surface area contributed by atoms with Crippen molar-refractivity contribution >= 4 is 39.3 Å². The van der Waals surface area contributed by atoms with Crippen molar-refractivity contribution in [2.45, 2.75) is 50.1 Å². The van der Waals surface area contributed by atoms with Gasteiger partial charge in [0.25, 0.3) is 5.56 Å². The van der Waals surface area contributed by atoms with Gasteiger partial charge in [0, 0.05) is 11.4 Å². The molecule has 7 heteroatoms. The van der Waals surface area contributed by atoms with E-state index in [-0.39, 0.29) is 11.5 Å². The number of hydrogen-bond acceptors (Lipinski definition) is 6. The summed E-state index contributed by atoms with van der Waals surface area (Å²) in [7, 11) is 1.36. The molecule has 0 fully saturated rings. The van der Waals surface area contributed by atoms with Crippen molar-refractivity contribution < 1.29 is 9.53 Å². The third-order valence-corrected chi connectivity index (χ3v) is 6.72. The first kappa shape index (κ1) is 18.2. The number of methoxy groups -OCH3 is 1. The van der Waals surface area contributed by atoms with Gasteiger partial charge in [-0.05, 0) is 37.7 Å². The van der Waals surface area contributed by atoms with Gasteiger partial charge in [-0.15, -0.1) is 17.9 Å². The van der Waals surface area contributed by atoms with E-state index < -0.39 is 5.25 Å². The maximum absolute atomic E-state index is 13.1. The summed E-state index contributed by atoms with van der Waals surface area (Å²) in [5.41, 5.74) is 1.14. The Balaban J connectivity index is 2.14. The van der Waals surface area contributed by atoms with Gasteiger partial charge >= 0.3 is 5.97 Å². The van der Waals surface area contributed by atoms with E-state index in [9.17, 15) is 9.59 Å². The maximum atomic E-state index is 13.1. The molecule has 0 aliphatic heterocycles. The van der Waals surface area contributed by atoms with Crippen LogP contribution in [0.1, 0.15) is 30.7 Å². The number of aromatic nitrogens is 2. The van der Waals surface area contributed by atoms with Gasteiger partial charge in [0.15, 0.2) is 5.16 Å². The van der Waals surface area contributed by atoms with Crippen molar-refractivity contribution in [1.82, 2.24) is 9.55 Å². The molecule has 0 aromatic carbocycles. The summed E-state index contributed by atoms with van der Waals surface area (Å²) in [6.45, 7) is 8.12. The molecule has 2 heterocycles. The largest absolute Gasteiger partial charge is 0.468 e. The number of carbonyl (C=O) groups is 1. The molecule has 0 spiro atoms. The minimum atomic E-state index is -0.431.